The highest BCUT2D eigenvalue weighted by Gasteiger charge is 2.33. The summed E-state index contributed by atoms with van der Waals surface area (Å²) in [5.41, 5.74) is -0.232. The van der Waals surface area contributed by atoms with Crippen LogP contribution in [0.1, 0.15) is 33.7 Å². The molecule has 0 radical (unpaired) electrons. The molecule has 1 aromatic heterocycles. The summed E-state index contributed by atoms with van der Waals surface area (Å²) in [6.45, 7) is 6.89. The molecule has 2 unspecified atom stereocenters. The molecule has 1 aliphatic rings. The Balaban J connectivity index is 1.67. The lowest BCUT2D eigenvalue weighted by Crippen LogP contribution is -2.57. The van der Waals surface area contributed by atoms with Crippen LogP contribution in [0.2, 0.25) is 0 Å². The van der Waals surface area contributed by atoms with Gasteiger partial charge in [-0.1, -0.05) is 30.3 Å². The maximum absolute atomic E-state index is 13.4. The minimum atomic E-state index is -0.930. The van der Waals surface area contributed by atoms with Gasteiger partial charge in [0, 0.05) is 39.9 Å². The van der Waals surface area contributed by atoms with Crippen LogP contribution in [0.4, 0.5) is 4.79 Å². The van der Waals surface area contributed by atoms with Gasteiger partial charge in [0.1, 0.15) is 11.6 Å². The molecule has 0 aliphatic carbocycles. The molecule has 1 aromatic carbocycles. The highest BCUT2D eigenvalue weighted by atomic mass is 16.6. The lowest BCUT2D eigenvalue weighted by molar-refractivity contribution is -0.124. The number of hydrogen-bond acceptors (Lipinski definition) is 6. The molecule has 30 heavy (non-hydrogen) atoms. The summed E-state index contributed by atoms with van der Waals surface area (Å²) in [6, 6.07) is 9.80. The van der Waals surface area contributed by atoms with E-state index in [9.17, 15) is 9.59 Å². The molecule has 1 saturated heterocycles. The molecule has 2 heterocycles. The quantitative estimate of drug-likeness (QED) is 0.720. The Morgan fingerprint density at radius 2 is 2.13 bits per heavy atom. The first kappa shape index (κ1) is 20.6. The molecule has 1 amide bonds. The molecule has 2 aromatic rings. The predicted octanol–water partition coefficient (Wildman–Crippen LogP) is 1.99. The molecule has 2 atom stereocenters. The van der Waals surface area contributed by atoms with E-state index in [-0.39, 0.29) is 12.7 Å². The number of carbonyl (C=O) groups is 2. The number of carbonyl (C=O) groups excluding carboxylic acids is 2. The van der Waals surface area contributed by atoms with Gasteiger partial charge in [-0.2, -0.15) is 5.10 Å². The number of piperazine rings is 1. The van der Waals surface area contributed by atoms with Crippen molar-refractivity contribution >= 4 is 11.9 Å². The Labute approximate surface area is 179 Å². The minimum absolute atomic E-state index is 0.0697. The van der Waals surface area contributed by atoms with Gasteiger partial charge in [-0.3, -0.25) is 14.4 Å². The molecule has 1 fully saturated rings. The van der Waals surface area contributed by atoms with Crippen LogP contribution in [0.15, 0.2) is 48.8 Å². The summed E-state index contributed by atoms with van der Waals surface area (Å²) in [5, 5.41) is 10.2. The number of ketones is 1. The summed E-state index contributed by atoms with van der Waals surface area (Å²) in [7, 11) is 0. The van der Waals surface area contributed by atoms with Gasteiger partial charge in [0.2, 0.25) is 0 Å². The first-order valence-corrected chi connectivity index (χ1v) is 10.2. The van der Waals surface area contributed by atoms with Gasteiger partial charge in [0.15, 0.2) is 5.78 Å². The van der Waals surface area contributed by atoms with Crippen molar-refractivity contribution in [2.24, 2.45) is 0 Å². The largest absolute Gasteiger partial charge is 0.444 e. The fourth-order valence-electron chi connectivity index (χ4n) is 3.44. The number of benzene rings is 1. The molecular formula is C22H31N5O3. The Morgan fingerprint density at radius 3 is 2.83 bits per heavy atom. The van der Waals surface area contributed by atoms with Crippen molar-refractivity contribution in [2.45, 2.75) is 45.0 Å². The monoisotopic (exact) mass is 414 g/mol. The number of aromatic nitrogens is 2. The maximum Gasteiger partial charge on any atom is 0.408 e. The second-order valence-electron chi connectivity index (χ2n) is 8.12. The van der Waals surface area contributed by atoms with Crippen LogP contribution in [-0.2, 0) is 16.1 Å². The number of Topliss-reactive ketones (excluding diaryl/α,β-unsaturated/α-hetero) is 1. The van der Waals surface area contributed by atoms with Crippen LogP contribution < -0.4 is 10.6 Å². The van der Waals surface area contributed by atoms with Gasteiger partial charge in [0.25, 0.3) is 0 Å². The number of nitrogens with zero attached hydrogens (tertiary/aromatic N) is 3. The SMILES string of the molecule is [2H]CC(C)(C)OC(=O)NC(C(=O)C1CN(CCn2cccn2)CCN1)c1ccccc1. The highest BCUT2D eigenvalue weighted by Crippen LogP contribution is 2.18. The molecule has 0 saturated carbocycles. The van der Waals surface area contributed by atoms with Crippen LogP contribution >= 0.6 is 0 Å². The Hall–Kier alpha value is -2.71. The van der Waals surface area contributed by atoms with Crippen molar-refractivity contribution in [3.63, 3.8) is 0 Å². The van der Waals surface area contributed by atoms with Crippen LogP contribution in [0, 0.1) is 0 Å². The summed E-state index contributed by atoms with van der Waals surface area (Å²) in [4.78, 5) is 28.1. The number of ether oxygens (including phenoxy) is 1. The zero-order chi connectivity index (χ0) is 22.3. The summed E-state index contributed by atoms with van der Waals surface area (Å²) in [5.74, 6) is -0.115. The number of amides is 1. The van der Waals surface area contributed by atoms with Crippen LogP contribution in [0.25, 0.3) is 0 Å². The second-order valence-corrected chi connectivity index (χ2v) is 8.12. The topological polar surface area (TPSA) is 88.5 Å². The van der Waals surface area contributed by atoms with E-state index >= 15 is 0 Å². The second kappa shape index (κ2) is 9.86. The summed E-state index contributed by atoms with van der Waals surface area (Å²) in [6.07, 6.45) is 2.97. The Kier molecular flexibility index (Phi) is 6.76. The van der Waals surface area contributed by atoms with Gasteiger partial charge in [0.05, 0.1) is 12.6 Å². The first-order valence-electron chi connectivity index (χ1n) is 10.9. The van der Waals surface area contributed by atoms with Crippen molar-refractivity contribution in [1.82, 2.24) is 25.3 Å². The fraction of sp³-hybridized carbons (Fsp3) is 0.500. The molecule has 162 valence electrons. The van der Waals surface area contributed by atoms with Gasteiger partial charge in [-0.25, -0.2) is 4.79 Å². The first-order chi connectivity index (χ1) is 14.9. The van der Waals surface area contributed by atoms with Gasteiger partial charge < -0.3 is 15.4 Å². The third-order valence-corrected chi connectivity index (χ3v) is 4.86. The normalized spacial score (nSPS) is 19.0. The maximum atomic E-state index is 13.4. The highest BCUT2D eigenvalue weighted by molar-refractivity contribution is 5.92. The van der Waals surface area contributed by atoms with E-state index in [4.69, 9.17) is 6.11 Å². The molecule has 3 rings (SSSR count). The third-order valence-electron chi connectivity index (χ3n) is 4.86. The van der Waals surface area contributed by atoms with E-state index in [0.717, 1.165) is 19.6 Å². The van der Waals surface area contributed by atoms with Crippen LogP contribution in [-0.4, -0.2) is 64.4 Å². The Bertz CT molecular complexity index is 844. The van der Waals surface area contributed by atoms with Gasteiger partial charge in [-0.05, 0) is 32.4 Å². The number of alkyl carbamates (subject to hydrolysis) is 1. The number of nitrogens with one attached hydrogen (secondary N) is 2. The molecule has 8 nitrogen and oxygen atoms in total. The average molecular weight is 415 g/mol. The van der Waals surface area contributed by atoms with E-state index in [1.54, 1.807) is 20.0 Å². The van der Waals surface area contributed by atoms with Crippen molar-refractivity contribution in [3.05, 3.63) is 54.4 Å². The zero-order valence-corrected chi connectivity index (χ0v) is 17.6. The predicted molar refractivity (Wildman–Crippen MR) is 114 cm³/mol. The van der Waals surface area contributed by atoms with E-state index in [1.807, 2.05) is 47.3 Å². The lowest BCUT2D eigenvalue weighted by Gasteiger charge is -2.34. The Morgan fingerprint density at radius 1 is 1.33 bits per heavy atom. The van der Waals surface area contributed by atoms with Crippen LogP contribution in [0.3, 0.4) is 0 Å². The summed E-state index contributed by atoms with van der Waals surface area (Å²) >= 11 is 0. The smallest absolute Gasteiger partial charge is 0.408 e. The molecule has 0 bridgehead atoms. The van der Waals surface area contributed by atoms with Crippen molar-refractivity contribution in [2.75, 3.05) is 26.2 Å². The van der Waals surface area contributed by atoms with E-state index in [2.05, 4.69) is 20.6 Å². The van der Waals surface area contributed by atoms with Gasteiger partial charge in [-0.15, -0.1) is 0 Å². The van der Waals surface area contributed by atoms with E-state index < -0.39 is 23.8 Å². The molecule has 8 heteroatoms. The lowest BCUT2D eigenvalue weighted by atomic mass is 9.96. The number of rotatable bonds is 7. The van der Waals surface area contributed by atoms with E-state index in [1.165, 1.54) is 0 Å². The van der Waals surface area contributed by atoms with Crippen molar-refractivity contribution in [3.8, 4) is 0 Å². The zero-order valence-electron chi connectivity index (χ0n) is 18.6. The fourth-order valence-corrected chi connectivity index (χ4v) is 3.44. The van der Waals surface area contributed by atoms with Gasteiger partial charge >= 0.3 is 6.09 Å². The molecule has 2 N–H and O–H groups in total. The van der Waals surface area contributed by atoms with Crippen molar-refractivity contribution < 1.29 is 15.7 Å². The standard InChI is InChI=1S/C22H31N5O3/c1-22(2,3)30-21(29)25-19(17-8-5-4-6-9-17)20(28)18-16-26(13-11-23-18)14-15-27-12-7-10-24-27/h4-10,12,18-19,23H,11,13-16H2,1-3H3,(H,25,29)/i1D. The van der Waals surface area contributed by atoms with Crippen molar-refractivity contribution in [1.29, 1.82) is 0 Å². The van der Waals surface area contributed by atoms with E-state index in [0.29, 0.717) is 18.7 Å². The number of hydrogen-bond donors (Lipinski definition) is 2. The van der Waals surface area contributed by atoms with Crippen LogP contribution in [0.5, 0.6) is 0 Å². The molecular weight excluding hydrogens is 382 g/mol. The third kappa shape index (κ3) is 6.40. The summed E-state index contributed by atoms with van der Waals surface area (Å²) < 4.78 is 14.7. The average Bonchev–Trinajstić information content (AvgIpc) is 3.30. The minimum Gasteiger partial charge on any atom is -0.444 e. The molecule has 0 spiro atoms. The molecule has 1 aliphatic heterocycles.